The van der Waals surface area contributed by atoms with Crippen LogP contribution in [-0.2, 0) is 14.3 Å². The van der Waals surface area contributed by atoms with Gasteiger partial charge in [0.1, 0.15) is 11.5 Å². The lowest BCUT2D eigenvalue weighted by Crippen LogP contribution is -2.26. The molecule has 0 unspecified atom stereocenters. The van der Waals surface area contributed by atoms with Gasteiger partial charge in [0.15, 0.2) is 6.10 Å². The third kappa shape index (κ3) is 8.29. The molecule has 0 aliphatic heterocycles. The van der Waals surface area contributed by atoms with Gasteiger partial charge < -0.3 is 18.9 Å². The Hall–Kier alpha value is -3.97. The molecule has 3 rings (SSSR count). The summed E-state index contributed by atoms with van der Waals surface area (Å²) in [5.74, 6) is -0.690. The van der Waals surface area contributed by atoms with Gasteiger partial charge in [0, 0.05) is 6.61 Å². The lowest BCUT2D eigenvalue weighted by molar-refractivity contribution is -0.146. The second-order valence-corrected chi connectivity index (χ2v) is 8.50. The number of methoxy groups -OCH3 is 1. The normalized spacial score (nSPS) is 11.4. The zero-order valence-electron chi connectivity index (χ0n) is 21.4. The maximum Gasteiger partial charge on any atom is 0.343 e. The summed E-state index contributed by atoms with van der Waals surface area (Å²) in [4.78, 5) is 36.3. The van der Waals surface area contributed by atoms with Crippen LogP contribution in [0, 0.1) is 0 Å². The van der Waals surface area contributed by atoms with Crippen LogP contribution in [0.3, 0.4) is 0 Å². The van der Waals surface area contributed by atoms with E-state index in [0.717, 1.165) is 36.8 Å². The highest BCUT2D eigenvalue weighted by atomic mass is 16.6. The first-order valence-electron chi connectivity index (χ1n) is 12.4. The summed E-state index contributed by atoms with van der Waals surface area (Å²) in [6, 6.07) is 20.2. The Kier molecular flexibility index (Phi) is 10.4. The maximum absolute atomic E-state index is 12.5. The van der Waals surface area contributed by atoms with Crippen LogP contribution in [0.15, 0.2) is 72.8 Å². The summed E-state index contributed by atoms with van der Waals surface area (Å²) < 4.78 is 21.1. The summed E-state index contributed by atoms with van der Waals surface area (Å²) >= 11 is 0. The summed E-state index contributed by atoms with van der Waals surface area (Å²) in [7, 11) is 1.34. The maximum atomic E-state index is 12.5. The fourth-order valence-electron chi connectivity index (χ4n) is 3.51. The molecular formula is C30H32O7. The van der Waals surface area contributed by atoms with Gasteiger partial charge in [-0.2, -0.15) is 0 Å². The third-order valence-corrected chi connectivity index (χ3v) is 5.71. The van der Waals surface area contributed by atoms with E-state index in [4.69, 9.17) is 18.9 Å². The Morgan fingerprint density at radius 1 is 0.676 bits per heavy atom. The third-order valence-electron chi connectivity index (χ3n) is 5.71. The number of benzene rings is 3. The molecule has 7 heteroatoms. The largest absolute Gasteiger partial charge is 0.465 e. The molecule has 3 aromatic carbocycles. The molecule has 0 aromatic heterocycles. The fraction of sp³-hybridized carbons (Fsp3) is 0.300. The quantitative estimate of drug-likeness (QED) is 0.164. The van der Waals surface area contributed by atoms with E-state index in [-0.39, 0.29) is 0 Å². The van der Waals surface area contributed by atoms with Crippen molar-refractivity contribution < 1.29 is 33.3 Å². The van der Waals surface area contributed by atoms with E-state index in [1.165, 1.54) is 7.11 Å². The molecule has 0 aliphatic rings. The molecule has 0 saturated heterocycles. The van der Waals surface area contributed by atoms with Gasteiger partial charge in [-0.3, -0.25) is 0 Å². The van der Waals surface area contributed by atoms with Gasteiger partial charge in [0.05, 0.1) is 18.2 Å². The lowest BCUT2D eigenvalue weighted by atomic mass is 10.0. The molecule has 0 spiro atoms. The van der Waals surface area contributed by atoms with Crippen LogP contribution in [0.5, 0.6) is 11.5 Å². The van der Waals surface area contributed by atoms with Gasteiger partial charge in [-0.1, -0.05) is 50.5 Å². The van der Waals surface area contributed by atoms with Gasteiger partial charge in [0.25, 0.3) is 0 Å². The average Bonchev–Trinajstić information content (AvgIpc) is 2.93. The smallest absolute Gasteiger partial charge is 0.343 e. The number of ether oxygens (including phenoxy) is 4. The number of esters is 3. The molecule has 1 atom stereocenters. The van der Waals surface area contributed by atoms with Gasteiger partial charge >= 0.3 is 17.9 Å². The van der Waals surface area contributed by atoms with Crippen molar-refractivity contribution in [2.75, 3.05) is 13.7 Å². The molecule has 7 nitrogen and oxygen atoms in total. The predicted octanol–water partition coefficient (Wildman–Crippen LogP) is 6.25. The molecule has 37 heavy (non-hydrogen) atoms. The van der Waals surface area contributed by atoms with Crippen LogP contribution in [-0.4, -0.2) is 37.7 Å². The summed E-state index contributed by atoms with van der Waals surface area (Å²) in [6.45, 7) is 4.32. The summed E-state index contributed by atoms with van der Waals surface area (Å²) in [5, 5.41) is 0. The second-order valence-electron chi connectivity index (χ2n) is 8.50. The van der Waals surface area contributed by atoms with Crippen molar-refractivity contribution in [3.8, 4) is 22.6 Å². The lowest BCUT2D eigenvalue weighted by Gasteiger charge is -2.12. The minimum absolute atomic E-state index is 0.322. The molecule has 3 aromatic rings. The van der Waals surface area contributed by atoms with Crippen molar-refractivity contribution >= 4 is 17.9 Å². The number of carbonyl (C=O) groups is 3. The van der Waals surface area contributed by atoms with E-state index in [1.54, 1.807) is 55.5 Å². The Labute approximate surface area is 217 Å². The molecule has 0 radical (unpaired) electrons. The first-order chi connectivity index (χ1) is 17.9. The van der Waals surface area contributed by atoms with E-state index < -0.39 is 24.0 Å². The topological polar surface area (TPSA) is 88.1 Å². The van der Waals surface area contributed by atoms with E-state index >= 15 is 0 Å². The Balaban J connectivity index is 1.51. The van der Waals surface area contributed by atoms with Crippen LogP contribution in [0.2, 0.25) is 0 Å². The van der Waals surface area contributed by atoms with Crippen LogP contribution in [0.1, 0.15) is 60.2 Å². The monoisotopic (exact) mass is 504 g/mol. The summed E-state index contributed by atoms with van der Waals surface area (Å²) in [6.07, 6.45) is 3.61. The number of rotatable bonds is 12. The van der Waals surface area contributed by atoms with Crippen LogP contribution in [0.25, 0.3) is 11.1 Å². The zero-order valence-corrected chi connectivity index (χ0v) is 21.4. The highest BCUT2D eigenvalue weighted by Crippen LogP contribution is 2.24. The Morgan fingerprint density at radius 2 is 1.19 bits per heavy atom. The molecule has 0 fully saturated rings. The van der Waals surface area contributed by atoms with Crippen molar-refractivity contribution in [3.05, 3.63) is 83.9 Å². The van der Waals surface area contributed by atoms with E-state index in [0.29, 0.717) is 29.2 Å². The predicted molar refractivity (Wildman–Crippen MR) is 140 cm³/mol. The van der Waals surface area contributed by atoms with Crippen molar-refractivity contribution in [3.63, 3.8) is 0 Å². The van der Waals surface area contributed by atoms with Crippen LogP contribution in [0.4, 0.5) is 0 Å². The van der Waals surface area contributed by atoms with Crippen molar-refractivity contribution in [2.24, 2.45) is 0 Å². The van der Waals surface area contributed by atoms with Crippen LogP contribution < -0.4 is 9.47 Å². The highest BCUT2D eigenvalue weighted by Gasteiger charge is 2.16. The van der Waals surface area contributed by atoms with Gasteiger partial charge in [-0.05, 0) is 73.0 Å². The highest BCUT2D eigenvalue weighted by molar-refractivity contribution is 5.91. The first kappa shape index (κ1) is 27.6. The Morgan fingerprint density at radius 3 is 1.78 bits per heavy atom. The first-order valence-corrected chi connectivity index (χ1v) is 12.4. The number of carbonyl (C=O) groups excluding carboxylic acids is 3. The molecule has 0 bridgehead atoms. The molecule has 0 heterocycles. The Bertz CT molecular complexity index is 1170. The summed E-state index contributed by atoms with van der Waals surface area (Å²) in [5.41, 5.74) is 2.61. The van der Waals surface area contributed by atoms with Crippen molar-refractivity contribution in [1.29, 1.82) is 0 Å². The van der Waals surface area contributed by atoms with Crippen molar-refractivity contribution in [2.45, 2.75) is 45.6 Å². The van der Waals surface area contributed by atoms with E-state index in [1.807, 2.05) is 24.3 Å². The number of hydrogen-bond acceptors (Lipinski definition) is 7. The number of hydrogen-bond donors (Lipinski definition) is 0. The van der Waals surface area contributed by atoms with Crippen LogP contribution >= 0.6 is 0 Å². The van der Waals surface area contributed by atoms with Crippen molar-refractivity contribution in [1.82, 2.24) is 0 Å². The molecule has 0 saturated carbocycles. The zero-order chi connectivity index (χ0) is 26.6. The fourth-order valence-corrected chi connectivity index (χ4v) is 3.51. The minimum Gasteiger partial charge on any atom is -0.465 e. The molecule has 0 N–H and O–H groups in total. The number of unbranched alkanes of at least 4 members (excludes halogenated alkanes) is 3. The molecule has 0 aliphatic carbocycles. The van der Waals surface area contributed by atoms with E-state index in [2.05, 4.69) is 6.92 Å². The molecular weight excluding hydrogens is 472 g/mol. The SMILES string of the molecule is CCCCCCO[C@@H](C)C(=O)Oc1ccc(C(=O)Oc2ccc(-c3ccc(C(=O)OC)cc3)cc2)cc1. The standard InChI is InChI=1S/C30H32O7/c1-4-5-6-7-20-35-21(2)28(31)36-26-18-14-25(15-19-26)30(33)37-27-16-12-23(13-17-27)22-8-10-24(11-9-22)29(32)34-3/h8-19,21H,4-7,20H2,1-3H3/t21-/m0/s1. The average molecular weight is 505 g/mol. The van der Waals surface area contributed by atoms with Gasteiger partial charge in [-0.15, -0.1) is 0 Å². The van der Waals surface area contributed by atoms with Gasteiger partial charge in [0.2, 0.25) is 0 Å². The molecule has 0 amide bonds. The van der Waals surface area contributed by atoms with E-state index in [9.17, 15) is 14.4 Å². The minimum atomic E-state index is -0.667. The van der Waals surface area contributed by atoms with Gasteiger partial charge in [-0.25, -0.2) is 14.4 Å². The molecule has 194 valence electrons. The second kappa shape index (κ2) is 13.9.